The number of halogens is 4. The van der Waals surface area contributed by atoms with Crippen LogP contribution < -0.4 is 5.32 Å². The standard InChI is InChI=1S/C13H18FNO2S.C2HF3O2/c14-12-1-3-13(4-2-12)18(16,17)10-7-11-5-8-15-9-6-11;3-2(4,5)1(6)7/h1-4,11,15H,5-10H2;(H,6,7). The highest BCUT2D eigenvalue weighted by Gasteiger charge is 2.38. The molecular formula is C15H19F4NO4S. The minimum atomic E-state index is -5.08. The van der Waals surface area contributed by atoms with Gasteiger partial charge in [0.25, 0.3) is 0 Å². The van der Waals surface area contributed by atoms with Crippen LogP contribution in [-0.2, 0) is 14.6 Å². The Hall–Kier alpha value is -1.68. The van der Waals surface area contributed by atoms with Crippen LogP contribution in [-0.4, -0.2) is 44.5 Å². The topological polar surface area (TPSA) is 83.5 Å². The first-order chi connectivity index (χ1) is 11.5. The van der Waals surface area contributed by atoms with E-state index >= 15 is 0 Å². The average molecular weight is 385 g/mol. The lowest BCUT2D eigenvalue weighted by Crippen LogP contribution is -2.28. The van der Waals surface area contributed by atoms with Crippen molar-refractivity contribution in [2.45, 2.75) is 30.3 Å². The number of carboxylic acid groups (broad SMARTS) is 1. The van der Waals surface area contributed by atoms with Gasteiger partial charge in [0.1, 0.15) is 5.82 Å². The minimum absolute atomic E-state index is 0.156. The molecule has 0 unspecified atom stereocenters. The van der Waals surface area contributed by atoms with E-state index in [0.29, 0.717) is 12.3 Å². The molecule has 0 saturated carbocycles. The second-order valence-electron chi connectivity index (χ2n) is 5.56. The first-order valence-corrected chi connectivity index (χ1v) is 9.17. The van der Waals surface area contributed by atoms with Crippen LogP contribution in [0, 0.1) is 11.7 Å². The van der Waals surface area contributed by atoms with Gasteiger partial charge in [-0.05, 0) is 62.5 Å². The molecule has 1 saturated heterocycles. The van der Waals surface area contributed by atoms with Gasteiger partial charge in [0.05, 0.1) is 10.6 Å². The molecule has 0 radical (unpaired) electrons. The number of hydrogen-bond acceptors (Lipinski definition) is 4. The fourth-order valence-electron chi connectivity index (χ4n) is 2.25. The molecule has 0 atom stereocenters. The molecule has 1 aromatic rings. The number of benzene rings is 1. The Kier molecular flexibility index (Phi) is 7.81. The summed E-state index contributed by atoms with van der Waals surface area (Å²) in [5.41, 5.74) is 0. The maximum atomic E-state index is 12.7. The Morgan fingerprint density at radius 3 is 2.08 bits per heavy atom. The summed E-state index contributed by atoms with van der Waals surface area (Å²) in [4.78, 5) is 9.12. The first kappa shape index (κ1) is 21.4. The number of carbonyl (C=O) groups is 1. The van der Waals surface area contributed by atoms with Crippen LogP contribution in [0.15, 0.2) is 29.2 Å². The second kappa shape index (κ2) is 9.14. The van der Waals surface area contributed by atoms with Gasteiger partial charge in [-0.1, -0.05) is 0 Å². The van der Waals surface area contributed by atoms with Gasteiger partial charge < -0.3 is 10.4 Å². The third-order valence-electron chi connectivity index (χ3n) is 3.67. The summed E-state index contributed by atoms with van der Waals surface area (Å²) in [5, 5.41) is 10.4. The molecule has 25 heavy (non-hydrogen) atoms. The Morgan fingerprint density at radius 2 is 1.64 bits per heavy atom. The number of sulfone groups is 1. The smallest absolute Gasteiger partial charge is 0.475 e. The molecule has 1 aromatic carbocycles. The molecule has 1 aliphatic rings. The van der Waals surface area contributed by atoms with Crippen LogP contribution in [0.4, 0.5) is 17.6 Å². The Bertz CT molecular complexity index is 653. The fourth-order valence-corrected chi connectivity index (χ4v) is 3.68. The number of aliphatic carboxylic acids is 1. The van der Waals surface area contributed by atoms with E-state index in [4.69, 9.17) is 9.90 Å². The summed E-state index contributed by atoms with van der Waals surface area (Å²) >= 11 is 0. The number of carboxylic acids is 1. The summed E-state index contributed by atoms with van der Waals surface area (Å²) in [7, 11) is -3.26. The van der Waals surface area contributed by atoms with Crippen LogP contribution in [0.2, 0.25) is 0 Å². The lowest BCUT2D eigenvalue weighted by molar-refractivity contribution is -0.192. The number of piperidine rings is 1. The van der Waals surface area contributed by atoms with Crippen molar-refractivity contribution in [2.75, 3.05) is 18.8 Å². The van der Waals surface area contributed by atoms with Gasteiger partial charge in [-0.2, -0.15) is 13.2 Å². The van der Waals surface area contributed by atoms with Gasteiger partial charge in [-0.3, -0.25) is 0 Å². The normalized spacial score (nSPS) is 16.0. The summed E-state index contributed by atoms with van der Waals surface area (Å²) in [6, 6.07) is 5.06. The van der Waals surface area contributed by atoms with E-state index in [1.165, 1.54) is 24.3 Å². The van der Waals surface area contributed by atoms with Crippen molar-refractivity contribution < 1.29 is 35.9 Å². The minimum Gasteiger partial charge on any atom is -0.475 e. The zero-order valence-electron chi connectivity index (χ0n) is 13.2. The Balaban J connectivity index is 0.000000381. The molecule has 0 bridgehead atoms. The van der Waals surface area contributed by atoms with Crippen molar-refractivity contribution in [2.24, 2.45) is 5.92 Å². The monoisotopic (exact) mass is 385 g/mol. The van der Waals surface area contributed by atoms with E-state index < -0.39 is 27.8 Å². The highest BCUT2D eigenvalue weighted by molar-refractivity contribution is 7.91. The zero-order valence-corrected chi connectivity index (χ0v) is 14.0. The lowest BCUT2D eigenvalue weighted by Gasteiger charge is -2.22. The third kappa shape index (κ3) is 7.82. The van der Waals surface area contributed by atoms with Gasteiger partial charge in [-0.15, -0.1) is 0 Å². The van der Waals surface area contributed by atoms with Crippen LogP contribution in [0.3, 0.4) is 0 Å². The molecule has 142 valence electrons. The molecular weight excluding hydrogens is 366 g/mol. The molecule has 10 heteroatoms. The van der Waals surface area contributed by atoms with Crippen molar-refractivity contribution >= 4 is 15.8 Å². The van der Waals surface area contributed by atoms with E-state index in [0.717, 1.165) is 25.9 Å². The summed E-state index contributed by atoms with van der Waals surface area (Å²) in [5.74, 6) is -2.52. The molecule has 1 aliphatic heterocycles. The van der Waals surface area contributed by atoms with E-state index in [1.54, 1.807) is 0 Å². The Labute approximate surface area is 143 Å². The molecule has 0 amide bonds. The summed E-state index contributed by atoms with van der Waals surface area (Å²) < 4.78 is 68.6. The summed E-state index contributed by atoms with van der Waals surface area (Å²) in [6.45, 7) is 1.95. The van der Waals surface area contributed by atoms with Crippen molar-refractivity contribution in [1.82, 2.24) is 5.32 Å². The van der Waals surface area contributed by atoms with E-state index in [1.807, 2.05) is 0 Å². The average Bonchev–Trinajstić information content (AvgIpc) is 2.54. The van der Waals surface area contributed by atoms with E-state index in [9.17, 15) is 26.0 Å². The molecule has 0 aromatic heterocycles. The van der Waals surface area contributed by atoms with Gasteiger partial charge in [-0.25, -0.2) is 17.6 Å². The number of alkyl halides is 3. The van der Waals surface area contributed by atoms with Crippen molar-refractivity contribution in [1.29, 1.82) is 0 Å². The van der Waals surface area contributed by atoms with Gasteiger partial charge in [0.2, 0.25) is 0 Å². The third-order valence-corrected chi connectivity index (χ3v) is 5.43. The Morgan fingerprint density at radius 1 is 1.16 bits per heavy atom. The number of nitrogens with one attached hydrogen (secondary N) is 1. The van der Waals surface area contributed by atoms with Crippen molar-refractivity contribution in [3.8, 4) is 0 Å². The highest BCUT2D eigenvalue weighted by Crippen LogP contribution is 2.20. The van der Waals surface area contributed by atoms with Crippen LogP contribution >= 0.6 is 0 Å². The zero-order chi connectivity index (χ0) is 19.1. The molecule has 2 N–H and O–H groups in total. The second-order valence-corrected chi connectivity index (χ2v) is 7.67. The van der Waals surface area contributed by atoms with E-state index in [2.05, 4.69) is 5.32 Å². The molecule has 2 rings (SSSR count). The lowest BCUT2D eigenvalue weighted by atomic mass is 9.96. The molecule has 1 heterocycles. The largest absolute Gasteiger partial charge is 0.490 e. The van der Waals surface area contributed by atoms with Crippen LogP contribution in [0.5, 0.6) is 0 Å². The predicted molar refractivity (Wildman–Crippen MR) is 82.4 cm³/mol. The first-order valence-electron chi connectivity index (χ1n) is 7.51. The van der Waals surface area contributed by atoms with Gasteiger partial charge in [0, 0.05) is 0 Å². The summed E-state index contributed by atoms with van der Waals surface area (Å²) in [6.07, 6.45) is -2.31. The van der Waals surface area contributed by atoms with Crippen LogP contribution in [0.1, 0.15) is 19.3 Å². The molecule has 5 nitrogen and oxygen atoms in total. The molecule has 0 aliphatic carbocycles. The number of rotatable bonds is 4. The molecule has 1 fully saturated rings. The fraction of sp³-hybridized carbons (Fsp3) is 0.533. The van der Waals surface area contributed by atoms with Gasteiger partial charge >= 0.3 is 12.1 Å². The number of hydrogen-bond donors (Lipinski definition) is 2. The van der Waals surface area contributed by atoms with Crippen molar-refractivity contribution in [3.05, 3.63) is 30.1 Å². The molecule has 0 spiro atoms. The SMILES string of the molecule is O=C(O)C(F)(F)F.O=S(=O)(CCC1CCNCC1)c1ccc(F)cc1. The highest BCUT2D eigenvalue weighted by atomic mass is 32.2. The predicted octanol–water partition coefficient (Wildman–Crippen LogP) is 2.62. The van der Waals surface area contributed by atoms with E-state index in [-0.39, 0.29) is 10.6 Å². The maximum absolute atomic E-state index is 12.7. The van der Waals surface area contributed by atoms with Crippen molar-refractivity contribution in [3.63, 3.8) is 0 Å². The van der Waals surface area contributed by atoms with Crippen LogP contribution in [0.25, 0.3) is 0 Å². The van der Waals surface area contributed by atoms with Gasteiger partial charge in [0.15, 0.2) is 9.84 Å². The maximum Gasteiger partial charge on any atom is 0.490 e. The quantitative estimate of drug-likeness (QED) is 0.615.